The molecule has 0 saturated heterocycles. The molecule has 1 heterocycles. The van der Waals surface area contributed by atoms with Crippen molar-refractivity contribution in [3.63, 3.8) is 0 Å². The molecule has 3 aromatic rings. The van der Waals surface area contributed by atoms with Crippen molar-refractivity contribution in [1.82, 2.24) is 14.3 Å². The summed E-state index contributed by atoms with van der Waals surface area (Å²) in [5, 5.41) is 6.92. The van der Waals surface area contributed by atoms with E-state index in [-0.39, 0.29) is 0 Å². The zero-order valence-electron chi connectivity index (χ0n) is 17.7. The smallest absolute Gasteiger partial charge is 0.229 e. The second-order valence-electron chi connectivity index (χ2n) is 7.77. The highest BCUT2D eigenvalue weighted by Crippen LogP contribution is 2.28. The summed E-state index contributed by atoms with van der Waals surface area (Å²) in [4.78, 5) is 9.58. The molecule has 6 nitrogen and oxygen atoms in total. The molecule has 0 spiro atoms. The van der Waals surface area contributed by atoms with Crippen molar-refractivity contribution in [2.75, 3.05) is 24.7 Å². The van der Waals surface area contributed by atoms with Crippen LogP contribution in [-0.4, -0.2) is 32.6 Å². The van der Waals surface area contributed by atoms with Crippen molar-refractivity contribution in [2.24, 2.45) is 0 Å². The number of fused-ring (bicyclic) bond motifs is 1. The standard InChI is InChI=1S/C23H26ClN5OS/c1-29(2)31(30)20-10-6-9-18(14-20)26-22-21(24)15-25-23(28-22)27-19-12-11-16-7-4-3-5-8-17(16)13-19/h6,9-15H,3-5,7-8H2,1-2H3,(H2,25,26,27,28). The van der Waals surface area contributed by atoms with Crippen LogP contribution in [0.5, 0.6) is 0 Å². The number of halogens is 1. The third kappa shape index (κ3) is 5.42. The van der Waals surface area contributed by atoms with Crippen LogP contribution in [-0.2, 0) is 23.8 Å². The van der Waals surface area contributed by atoms with E-state index in [2.05, 4.69) is 38.8 Å². The van der Waals surface area contributed by atoms with E-state index in [1.165, 1.54) is 30.4 Å². The van der Waals surface area contributed by atoms with E-state index in [1.54, 1.807) is 24.6 Å². The minimum absolute atomic E-state index is 0.409. The van der Waals surface area contributed by atoms with Crippen molar-refractivity contribution in [1.29, 1.82) is 0 Å². The summed E-state index contributed by atoms with van der Waals surface area (Å²) in [6, 6.07) is 13.9. The fourth-order valence-electron chi connectivity index (χ4n) is 3.66. The Morgan fingerprint density at radius 3 is 2.55 bits per heavy atom. The Morgan fingerprint density at radius 1 is 0.968 bits per heavy atom. The Hall–Kier alpha value is -2.48. The molecule has 1 aliphatic rings. The van der Waals surface area contributed by atoms with Crippen molar-refractivity contribution in [3.8, 4) is 0 Å². The van der Waals surface area contributed by atoms with Gasteiger partial charge in [0.05, 0.1) is 11.1 Å². The number of hydrogen-bond acceptors (Lipinski definition) is 5. The van der Waals surface area contributed by atoms with Gasteiger partial charge in [0, 0.05) is 11.4 Å². The number of benzene rings is 2. The van der Waals surface area contributed by atoms with Gasteiger partial charge in [-0.3, -0.25) is 0 Å². The molecule has 1 atom stereocenters. The summed E-state index contributed by atoms with van der Waals surface area (Å²) >= 11 is 6.33. The lowest BCUT2D eigenvalue weighted by molar-refractivity contribution is 0.603. The monoisotopic (exact) mass is 455 g/mol. The fourth-order valence-corrected chi connectivity index (χ4v) is 4.64. The van der Waals surface area contributed by atoms with E-state index >= 15 is 0 Å². The predicted molar refractivity (Wildman–Crippen MR) is 128 cm³/mol. The number of nitrogens with zero attached hydrogens (tertiary/aromatic N) is 3. The molecule has 1 unspecified atom stereocenters. The zero-order chi connectivity index (χ0) is 21.8. The summed E-state index contributed by atoms with van der Waals surface area (Å²) in [6.07, 6.45) is 7.63. The summed E-state index contributed by atoms with van der Waals surface area (Å²) in [7, 11) is 2.32. The van der Waals surface area contributed by atoms with Crippen molar-refractivity contribution >= 4 is 45.7 Å². The first-order valence-corrected chi connectivity index (χ1v) is 11.9. The van der Waals surface area contributed by atoms with Crippen LogP contribution >= 0.6 is 11.6 Å². The number of aromatic nitrogens is 2. The van der Waals surface area contributed by atoms with Gasteiger partial charge >= 0.3 is 0 Å². The maximum Gasteiger partial charge on any atom is 0.229 e. The van der Waals surface area contributed by atoms with E-state index in [0.29, 0.717) is 21.7 Å². The summed E-state index contributed by atoms with van der Waals surface area (Å²) in [5.74, 6) is 0.954. The maximum atomic E-state index is 12.3. The summed E-state index contributed by atoms with van der Waals surface area (Å²) in [6.45, 7) is 0. The first-order valence-electron chi connectivity index (χ1n) is 10.4. The van der Waals surface area contributed by atoms with E-state index < -0.39 is 11.0 Å². The largest absolute Gasteiger partial charge is 0.339 e. The molecule has 0 bridgehead atoms. The Bertz CT molecular complexity index is 1110. The first kappa shape index (κ1) is 21.7. The van der Waals surface area contributed by atoms with Crippen LogP contribution in [0.3, 0.4) is 0 Å². The van der Waals surface area contributed by atoms with Gasteiger partial charge in [0.15, 0.2) is 5.82 Å². The molecule has 0 amide bonds. The van der Waals surface area contributed by atoms with Crippen LogP contribution in [0.2, 0.25) is 5.02 Å². The van der Waals surface area contributed by atoms with Crippen LogP contribution in [0.25, 0.3) is 0 Å². The lowest BCUT2D eigenvalue weighted by Gasteiger charge is -2.13. The molecule has 2 N–H and O–H groups in total. The third-order valence-electron chi connectivity index (χ3n) is 5.23. The molecule has 4 rings (SSSR count). The summed E-state index contributed by atoms with van der Waals surface area (Å²) < 4.78 is 14.0. The number of anilines is 4. The zero-order valence-corrected chi connectivity index (χ0v) is 19.3. The predicted octanol–water partition coefficient (Wildman–Crippen LogP) is 5.47. The SMILES string of the molecule is CN(C)S(=O)c1cccc(Nc2nc(Nc3ccc4c(c3)CCCCC4)ncc2Cl)c1. The highest BCUT2D eigenvalue weighted by Gasteiger charge is 2.12. The van der Waals surface area contributed by atoms with Gasteiger partial charge in [0.2, 0.25) is 5.95 Å². The number of aryl methyl sites for hydroxylation is 2. The minimum atomic E-state index is -1.23. The number of rotatable bonds is 6. The van der Waals surface area contributed by atoms with Crippen LogP contribution in [0, 0.1) is 0 Å². The molecule has 1 aromatic heterocycles. The second kappa shape index (κ2) is 9.77. The lowest BCUT2D eigenvalue weighted by Crippen LogP contribution is -2.15. The molecule has 0 fully saturated rings. The highest BCUT2D eigenvalue weighted by atomic mass is 35.5. The molecule has 0 saturated carbocycles. The Labute approximate surface area is 190 Å². The first-order chi connectivity index (χ1) is 15.0. The van der Waals surface area contributed by atoms with Gasteiger partial charge < -0.3 is 10.6 Å². The molecule has 0 aliphatic heterocycles. The molecular formula is C23H26ClN5OS. The van der Waals surface area contributed by atoms with E-state index in [4.69, 9.17) is 11.6 Å². The lowest BCUT2D eigenvalue weighted by atomic mass is 10.0. The van der Waals surface area contributed by atoms with Crippen molar-refractivity contribution in [2.45, 2.75) is 37.0 Å². The summed E-state index contributed by atoms with van der Waals surface area (Å²) in [5.41, 5.74) is 4.57. The third-order valence-corrected chi connectivity index (χ3v) is 6.83. The maximum absolute atomic E-state index is 12.3. The molecule has 162 valence electrons. The van der Waals surface area contributed by atoms with Gasteiger partial charge in [0.1, 0.15) is 16.0 Å². The van der Waals surface area contributed by atoms with Gasteiger partial charge in [0.25, 0.3) is 0 Å². The number of hydrogen-bond donors (Lipinski definition) is 2. The quantitative estimate of drug-likeness (QED) is 0.482. The average molecular weight is 456 g/mol. The van der Waals surface area contributed by atoms with Crippen molar-refractivity contribution in [3.05, 3.63) is 64.8 Å². The van der Waals surface area contributed by atoms with Crippen molar-refractivity contribution < 1.29 is 4.21 Å². The number of nitrogens with one attached hydrogen (secondary N) is 2. The van der Waals surface area contributed by atoms with Crippen LogP contribution in [0.4, 0.5) is 23.1 Å². The molecule has 0 radical (unpaired) electrons. The topological polar surface area (TPSA) is 70.2 Å². The molecule has 31 heavy (non-hydrogen) atoms. The average Bonchev–Trinajstić information content (AvgIpc) is 3.01. The Morgan fingerprint density at radius 2 is 1.74 bits per heavy atom. The second-order valence-corrected chi connectivity index (χ2v) is 9.88. The molecule has 1 aliphatic carbocycles. The van der Waals surface area contributed by atoms with Gasteiger partial charge in [-0.1, -0.05) is 30.2 Å². The van der Waals surface area contributed by atoms with Crippen LogP contribution in [0.1, 0.15) is 30.4 Å². The van der Waals surface area contributed by atoms with Gasteiger partial charge in [-0.2, -0.15) is 4.98 Å². The molecule has 2 aromatic carbocycles. The van der Waals surface area contributed by atoms with Gasteiger partial charge in [-0.25, -0.2) is 13.5 Å². The van der Waals surface area contributed by atoms with E-state index in [1.807, 2.05) is 24.3 Å². The van der Waals surface area contributed by atoms with Gasteiger partial charge in [-0.05, 0) is 81.2 Å². The van der Waals surface area contributed by atoms with E-state index in [9.17, 15) is 4.21 Å². The minimum Gasteiger partial charge on any atom is -0.339 e. The molecular weight excluding hydrogens is 430 g/mol. The van der Waals surface area contributed by atoms with Gasteiger partial charge in [-0.15, -0.1) is 0 Å². The van der Waals surface area contributed by atoms with Crippen LogP contribution < -0.4 is 10.6 Å². The normalized spacial score (nSPS) is 14.6. The Kier molecular flexibility index (Phi) is 6.85. The fraction of sp³-hybridized carbons (Fsp3) is 0.304. The van der Waals surface area contributed by atoms with Crippen LogP contribution in [0.15, 0.2) is 53.6 Å². The Balaban J connectivity index is 1.54. The highest BCUT2D eigenvalue weighted by molar-refractivity contribution is 7.82. The van der Waals surface area contributed by atoms with E-state index in [0.717, 1.165) is 24.2 Å². The molecule has 8 heteroatoms.